The minimum absolute atomic E-state index is 0.0859. The molecule has 0 aromatic carbocycles. The molecule has 2 nitrogen and oxygen atoms in total. The molecule has 2 heteroatoms. The van der Waals surface area contributed by atoms with Crippen LogP contribution >= 0.6 is 0 Å². The summed E-state index contributed by atoms with van der Waals surface area (Å²) in [6.07, 6.45) is 13.4. The van der Waals surface area contributed by atoms with Gasteiger partial charge < -0.3 is 10.2 Å². The topological polar surface area (TPSA) is 40.5 Å². The average Bonchev–Trinajstić information content (AvgIpc) is 2.31. The molecule has 0 radical (unpaired) electrons. The summed E-state index contributed by atoms with van der Waals surface area (Å²) >= 11 is 0. The van der Waals surface area contributed by atoms with E-state index in [0.29, 0.717) is 0 Å². The Morgan fingerprint density at radius 3 is 1.62 bits per heavy atom. The maximum atomic E-state index is 9.13. The summed E-state index contributed by atoms with van der Waals surface area (Å²) in [5.74, 6) is 0. The van der Waals surface area contributed by atoms with Crippen LogP contribution < -0.4 is 0 Å². The zero-order chi connectivity index (χ0) is 12.1. The molecule has 16 heavy (non-hydrogen) atoms. The minimum atomic E-state index is -0.492. The van der Waals surface area contributed by atoms with E-state index >= 15 is 0 Å². The number of rotatable bonds is 12. The Morgan fingerprint density at radius 1 is 0.750 bits per heavy atom. The molecule has 0 aromatic heterocycles. The van der Waals surface area contributed by atoms with E-state index in [1.165, 1.54) is 57.8 Å². The molecule has 0 aliphatic heterocycles. The van der Waals surface area contributed by atoms with E-state index in [9.17, 15) is 0 Å². The van der Waals surface area contributed by atoms with Gasteiger partial charge in [0.05, 0.1) is 12.7 Å². The monoisotopic (exact) mass is 230 g/mol. The highest BCUT2D eigenvalue weighted by Crippen LogP contribution is 2.11. The first-order chi connectivity index (χ1) is 7.81. The van der Waals surface area contributed by atoms with E-state index in [-0.39, 0.29) is 6.61 Å². The fourth-order valence-electron chi connectivity index (χ4n) is 1.96. The van der Waals surface area contributed by atoms with Crippen LogP contribution in [0.3, 0.4) is 0 Å². The molecule has 0 spiro atoms. The molecule has 0 amide bonds. The van der Waals surface area contributed by atoms with Gasteiger partial charge in [-0.3, -0.25) is 0 Å². The third-order valence-corrected chi connectivity index (χ3v) is 3.10. The van der Waals surface area contributed by atoms with E-state index in [0.717, 1.165) is 12.8 Å². The second-order valence-corrected chi connectivity index (χ2v) is 4.81. The normalized spacial score (nSPS) is 12.9. The largest absolute Gasteiger partial charge is 0.394 e. The van der Waals surface area contributed by atoms with Gasteiger partial charge in [-0.2, -0.15) is 0 Å². The Labute approximate surface area is 101 Å². The van der Waals surface area contributed by atoms with E-state index in [1.54, 1.807) is 0 Å². The van der Waals surface area contributed by atoms with E-state index < -0.39 is 6.10 Å². The van der Waals surface area contributed by atoms with Crippen molar-refractivity contribution in [2.45, 2.75) is 83.7 Å². The summed E-state index contributed by atoms with van der Waals surface area (Å²) < 4.78 is 0. The smallest absolute Gasteiger partial charge is 0.0770 e. The molecular formula is C14H30O2. The molecule has 0 aromatic rings. The average molecular weight is 230 g/mol. The number of hydrogen-bond acceptors (Lipinski definition) is 2. The first-order valence-corrected chi connectivity index (χ1v) is 7.10. The van der Waals surface area contributed by atoms with Crippen LogP contribution in [0.15, 0.2) is 0 Å². The summed E-state index contributed by atoms with van der Waals surface area (Å²) in [5.41, 5.74) is 0. The van der Waals surface area contributed by atoms with Gasteiger partial charge in [0, 0.05) is 0 Å². The highest BCUT2D eigenvalue weighted by Gasteiger charge is 2.00. The zero-order valence-corrected chi connectivity index (χ0v) is 11.0. The van der Waals surface area contributed by atoms with Crippen LogP contribution in [0.4, 0.5) is 0 Å². The molecule has 98 valence electrons. The number of aliphatic hydroxyl groups excluding tert-OH is 2. The Kier molecular flexibility index (Phi) is 12.9. The lowest BCUT2D eigenvalue weighted by molar-refractivity contribution is 0.0860. The Morgan fingerprint density at radius 2 is 1.19 bits per heavy atom. The molecule has 1 atom stereocenters. The zero-order valence-electron chi connectivity index (χ0n) is 11.0. The van der Waals surface area contributed by atoms with E-state index in [2.05, 4.69) is 6.92 Å². The molecule has 0 unspecified atom stereocenters. The van der Waals surface area contributed by atoms with Crippen molar-refractivity contribution in [1.29, 1.82) is 0 Å². The van der Waals surface area contributed by atoms with Gasteiger partial charge in [0.1, 0.15) is 0 Å². The highest BCUT2D eigenvalue weighted by atomic mass is 16.3. The second kappa shape index (κ2) is 13.0. The van der Waals surface area contributed by atoms with E-state index in [1.807, 2.05) is 0 Å². The molecular weight excluding hydrogens is 200 g/mol. The molecule has 0 rings (SSSR count). The number of hydrogen-bond donors (Lipinski definition) is 2. The van der Waals surface area contributed by atoms with Crippen LogP contribution in [0.2, 0.25) is 0 Å². The Balaban J connectivity index is 2.93. The lowest BCUT2D eigenvalue weighted by Crippen LogP contribution is -2.10. The van der Waals surface area contributed by atoms with Crippen molar-refractivity contribution in [1.82, 2.24) is 0 Å². The van der Waals surface area contributed by atoms with Gasteiger partial charge in [0.25, 0.3) is 0 Å². The molecule has 0 aliphatic carbocycles. The van der Waals surface area contributed by atoms with Gasteiger partial charge >= 0.3 is 0 Å². The fourth-order valence-corrected chi connectivity index (χ4v) is 1.96. The molecule has 0 fully saturated rings. The summed E-state index contributed by atoms with van der Waals surface area (Å²) in [6.45, 7) is 2.16. The SMILES string of the molecule is CCCCCCCCCCCC[C@H](O)CO. The predicted octanol–water partition coefficient (Wildman–Crippen LogP) is 3.65. The van der Waals surface area contributed by atoms with Gasteiger partial charge in [0.15, 0.2) is 0 Å². The summed E-state index contributed by atoms with van der Waals surface area (Å²) in [7, 11) is 0. The number of unbranched alkanes of at least 4 members (excludes halogenated alkanes) is 9. The first kappa shape index (κ1) is 15.9. The predicted molar refractivity (Wildman–Crippen MR) is 69.6 cm³/mol. The van der Waals surface area contributed by atoms with Crippen molar-refractivity contribution >= 4 is 0 Å². The van der Waals surface area contributed by atoms with E-state index in [4.69, 9.17) is 10.2 Å². The van der Waals surface area contributed by atoms with Crippen molar-refractivity contribution < 1.29 is 10.2 Å². The van der Waals surface area contributed by atoms with Gasteiger partial charge in [-0.05, 0) is 6.42 Å². The van der Waals surface area contributed by atoms with Crippen molar-refractivity contribution in [3.8, 4) is 0 Å². The third-order valence-electron chi connectivity index (χ3n) is 3.10. The van der Waals surface area contributed by atoms with Gasteiger partial charge in [-0.25, -0.2) is 0 Å². The van der Waals surface area contributed by atoms with Crippen LogP contribution in [0, 0.1) is 0 Å². The Bertz CT molecular complexity index is 126. The molecule has 0 heterocycles. The van der Waals surface area contributed by atoms with Crippen molar-refractivity contribution in [2.75, 3.05) is 6.61 Å². The van der Waals surface area contributed by atoms with Gasteiger partial charge in [0.2, 0.25) is 0 Å². The maximum absolute atomic E-state index is 9.13. The van der Waals surface area contributed by atoms with Crippen LogP contribution in [0.5, 0.6) is 0 Å². The Hall–Kier alpha value is -0.0800. The molecule has 0 bridgehead atoms. The van der Waals surface area contributed by atoms with Crippen LogP contribution in [-0.4, -0.2) is 22.9 Å². The number of aliphatic hydroxyl groups is 2. The molecule has 0 aliphatic rings. The van der Waals surface area contributed by atoms with Gasteiger partial charge in [-0.1, -0.05) is 71.1 Å². The molecule has 0 saturated heterocycles. The van der Waals surface area contributed by atoms with Crippen molar-refractivity contribution in [2.24, 2.45) is 0 Å². The lowest BCUT2D eigenvalue weighted by atomic mass is 10.0. The molecule has 0 saturated carbocycles. The third kappa shape index (κ3) is 12.0. The molecule has 2 N–H and O–H groups in total. The van der Waals surface area contributed by atoms with Crippen molar-refractivity contribution in [3.63, 3.8) is 0 Å². The summed E-state index contributed by atoms with van der Waals surface area (Å²) in [6, 6.07) is 0. The standard InChI is InChI=1S/C14H30O2/c1-2-3-4-5-6-7-8-9-10-11-12-14(16)13-15/h14-16H,2-13H2,1H3/t14-/m0/s1. The summed E-state index contributed by atoms with van der Waals surface area (Å²) in [4.78, 5) is 0. The minimum Gasteiger partial charge on any atom is -0.394 e. The lowest BCUT2D eigenvalue weighted by Gasteiger charge is -2.06. The first-order valence-electron chi connectivity index (χ1n) is 7.10. The quantitative estimate of drug-likeness (QED) is 0.502. The highest BCUT2D eigenvalue weighted by molar-refractivity contribution is 4.53. The second-order valence-electron chi connectivity index (χ2n) is 4.81. The summed E-state index contributed by atoms with van der Waals surface area (Å²) in [5, 5.41) is 17.8. The maximum Gasteiger partial charge on any atom is 0.0770 e. The van der Waals surface area contributed by atoms with Gasteiger partial charge in [-0.15, -0.1) is 0 Å². The van der Waals surface area contributed by atoms with Crippen molar-refractivity contribution in [3.05, 3.63) is 0 Å². The van der Waals surface area contributed by atoms with Crippen LogP contribution in [-0.2, 0) is 0 Å². The van der Waals surface area contributed by atoms with Crippen LogP contribution in [0.25, 0.3) is 0 Å². The van der Waals surface area contributed by atoms with Crippen LogP contribution in [0.1, 0.15) is 77.6 Å². The fraction of sp³-hybridized carbons (Fsp3) is 1.00.